The molecule has 3 aromatic rings. The molecule has 0 spiro atoms. The topological polar surface area (TPSA) is 103 Å². The van der Waals surface area contributed by atoms with Crippen LogP contribution in [0.1, 0.15) is 57.8 Å². The maximum absolute atomic E-state index is 14.4. The standard InChI is InChI=1S/C29H29ClN2O5/c1-15-14-22(16(2)37-15)27(33)24-23(17-8-12-21(36-3)13-9-17)26(28(31)34)32(29(35)19-4-5-19)25(24)18-6-10-20(30)11-7-18/h6-14,19,23-26H,4-5H2,1-3H3,(H2,31,34). The molecule has 0 radical (unpaired) electrons. The van der Waals surface area contributed by atoms with Crippen molar-refractivity contribution in [3.8, 4) is 5.75 Å². The second-order valence-corrected chi connectivity index (χ2v) is 10.3. The number of primary amides is 1. The lowest BCUT2D eigenvalue weighted by atomic mass is 9.76. The highest BCUT2D eigenvalue weighted by Gasteiger charge is 2.58. The Labute approximate surface area is 220 Å². The van der Waals surface area contributed by atoms with E-state index in [1.54, 1.807) is 56.2 Å². The van der Waals surface area contributed by atoms with E-state index in [0.717, 1.165) is 24.0 Å². The first kappa shape index (κ1) is 25.1. The lowest BCUT2D eigenvalue weighted by Gasteiger charge is -2.31. The molecule has 2 amide bonds. The molecule has 37 heavy (non-hydrogen) atoms. The van der Waals surface area contributed by atoms with Gasteiger partial charge in [0.2, 0.25) is 11.8 Å². The normalized spacial score (nSPS) is 23.2. The molecule has 0 bridgehead atoms. The van der Waals surface area contributed by atoms with E-state index < -0.39 is 29.8 Å². The number of furan rings is 1. The van der Waals surface area contributed by atoms with Crippen LogP contribution >= 0.6 is 11.6 Å². The molecule has 2 aromatic carbocycles. The van der Waals surface area contributed by atoms with Gasteiger partial charge in [-0.3, -0.25) is 14.4 Å². The van der Waals surface area contributed by atoms with Crippen molar-refractivity contribution in [2.45, 2.75) is 44.7 Å². The fraction of sp³-hybridized carbons (Fsp3) is 0.345. The summed E-state index contributed by atoms with van der Waals surface area (Å²) in [7, 11) is 1.57. The van der Waals surface area contributed by atoms with E-state index >= 15 is 0 Å². The third kappa shape index (κ3) is 4.53. The number of hydrogen-bond donors (Lipinski definition) is 1. The number of ketones is 1. The van der Waals surface area contributed by atoms with Gasteiger partial charge in [-0.2, -0.15) is 0 Å². The Kier molecular flexibility index (Phi) is 6.58. The van der Waals surface area contributed by atoms with Gasteiger partial charge in [-0.1, -0.05) is 35.9 Å². The van der Waals surface area contributed by atoms with E-state index in [0.29, 0.717) is 27.9 Å². The molecule has 1 aliphatic carbocycles. The fourth-order valence-electron chi connectivity index (χ4n) is 5.65. The van der Waals surface area contributed by atoms with Crippen LogP contribution in [0.25, 0.3) is 0 Å². The molecule has 192 valence electrons. The molecule has 2 aliphatic rings. The number of carbonyl (C=O) groups excluding carboxylic acids is 3. The van der Waals surface area contributed by atoms with Crippen molar-refractivity contribution < 1.29 is 23.5 Å². The highest BCUT2D eigenvalue weighted by molar-refractivity contribution is 6.30. The number of methoxy groups -OCH3 is 1. The van der Waals surface area contributed by atoms with E-state index in [9.17, 15) is 14.4 Å². The van der Waals surface area contributed by atoms with Crippen molar-refractivity contribution >= 4 is 29.2 Å². The molecule has 2 N–H and O–H groups in total. The summed E-state index contributed by atoms with van der Waals surface area (Å²) in [5.74, 6) is -0.899. The van der Waals surface area contributed by atoms with Gasteiger partial charge in [-0.05, 0) is 68.1 Å². The monoisotopic (exact) mass is 520 g/mol. The number of halogens is 1. The first-order chi connectivity index (χ1) is 17.7. The number of Topliss-reactive ketones (excluding diaryl/α,β-unsaturated/α-hetero) is 1. The van der Waals surface area contributed by atoms with Crippen molar-refractivity contribution in [3.05, 3.63) is 87.8 Å². The molecular weight excluding hydrogens is 492 g/mol. The third-order valence-electron chi connectivity index (χ3n) is 7.46. The van der Waals surface area contributed by atoms with E-state index in [2.05, 4.69) is 0 Å². The second kappa shape index (κ2) is 9.71. The average molecular weight is 521 g/mol. The summed E-state index contributed by atoms with van der Waals surface area (Å²) >= 11 is 6.18. The molecule has 1 saturated heterocycles. The lowest BCUT2D eigenvalue weighted by molar-refractivity contribution is -0.140. The van der Waals surface area contributed by atoms with Gasteiger partial charge in [-0.15, -0.1) is 0 Å². The largest absolute Gasteiger partial charge is 0.497 e. The van der Waals surface area contributed by atoms with Gasteiger partial charge in [-0.25, -0.2) is 0 Å². The Hall–Kier alpha value is -3.58. The zero-order valence-electron chi connectivity index (χ0n) is 20.9. The SMILES string of the molecule is COc1ccc(C2C(C(=O)c3cc(C)oc3C)C(c3ccc(Cl)cc3)N(C(=O)C3CC3)C2C(N)=O)cc1. The summed E-state index contributed by atoms with van der Waals surface area (Å²) in [4.78, 5) is 42.8. The van der Waals surface area contributed by atoms with Crippen LogP contribution in [-0.2, 0) is 9.59 Å². The summed E-state index contributed by atoms with van der Waals surface area (Å²) in [6, 6.07) is 14.3. The van der Waals surface area contributed by atoms with Gasteiger partial charge in [0, 0.05) is 16.9 Å². The van der Waals surface area contributed by atoms with Gasteiger partial charge in [0.1, 0.15) is 23.3 Å². The van der Waals surface area contributed by atoms with Crippen molar-refractivity contribution in [2.24, 2.45) is 17.6 Å². The summed E-state index contributed by atoms with van der Waals surface area (Å²) in [6.45, 7) is 3.53. The number of amides is 2. The van der Waals surface area contributed by atoms with E-state index in [1.165, 1.54) is 0 Å². The molecule has 8 heteroatoms. The summed E-state index contributed by atoms with van der Waals surface area (Å²) < 4.78 is 11.0. The predicted molar refractivity (Wildman–Crippen MR) is 138 cm³/mol. The Morgan fingerprint density at radius 1 is 1.00 bits per heavy atom. The molecule has 7 nitrogen and oxygen atoms in total. The Morgan fingerprint density at radius 2 is 1.62 bits per heavy atom. The molecular formula is C29H29ClN2O5. The molecule has 2 fully saturated rings. The average Bonchev–Trinajstić information content (AvgIpc) is 3.59. The van der Waals surface area contributed by atoms with Crippen molar-refractivity contribution in [2.75, 3.05) is 7.11 Å². The number of likely N-dealkylation sites (tertiary alicyclic amines) is 1. The van der Waals surface area contributed by atoms with Crippen LogP contribution in [0.2, 0.25) is 5.02 Å². The maximum Gasteiger partial charge on any atom is 0.240 e. The van der Waals surface area contributed by atoms with E-state index in [1.807, 2.05) is 24.3 Å². The van der Waals surface area contributed by atoms with Crippen LogP contribution < -0.4 is 10.5 Å². The van der Waals surface area contributed by atoms with Crippen molar-refractivity contribution in [3.63, 3.8) is 0 Å². The highest BCUT2D eigenvalue weighted by Crippen LogP contribution is 2.53. The number of rotatable bonds is 7. The zero-order valence-corrected chi connectivity index (χ0v) is 21.7. The number of carbonyl (C=O) groups is 3. The smallest absolute Gasteiger partial charge is 0.240 e. The van der Waals surface area contributed by atoms with Gasteiger partial charge >= 0.3 is 0 Å². The lowest BCUT2D eigenvalue weighted by Crippen LogP contribution is -2.47. The quantitative estimate of drug-likeness (QED) is 0.442. The van der Waals surface area contributed by atoms with Gasteiger partial charge in [0.05, 0.1) is 24.6 Å². The summed E-state index contributed by atoms with van der Waals surface area (Å²) in [6.07, 6.45) is 1.50. The van der Waals surface area contributed by atoms with Crippen LogP contribution in [0.3, 0.4) is 0 Å². The number of nitrogens with two attached hydrogens (primary N) is 1. The van der Waals surface area contributed by atoms with Gasteiger partial charge in [0.25, 0.3) is 0 Å². The Balaban J connectivity index is 1.74. The van der Waals surface area contributed by atoms with E-state index in [4.69, 9.17) is 26.5 Å². The predicted octanol–water partition coefficient (Wildman–Crippen LogP) is 4.99. The molecule has 1 saturated carbocycles. The molecule has 1 aliphatic heterocycles. The van der Waals surface area contributed by atoms with Crippen LogP contribution in [0.5, 0.6) is 5.75 Å². The molecule has 4 unspecified atom stereocenters. The zero-order chi connectivity index (χ0) is 26.4. The minimum atomic E-state index is -1.01. The first-order valence-corrected chi connectivity index (χ1v) is 12.7. The fourth-order valence-corrected chi connectivity index (χ4v) is 5.77. The molecule has 4 atom stereocenters. The minimum Gasteiger partial charge on any atom is -0.497 e. The summed E-state index contributed by atoms with van der Waals surface area (Å²) in [5.41, 5.74) is 7.90. The number of nitrogens with zero attached hydrogens (tertiary/aromatic N) is 1. The van der Waals surface area contributed by atoms with Crippen molar-refractivity contribution in [1.82, 2.24) is 4.90 Å². The summed E-state index contributed by atoms with van der Waals surface area (Å²) in [5, 5.41) is 0.532. The highest BCUT2D eigenvalue weighted by atomic mass is 35.5. The first-order valence-electron chi connectivity index (χ1n) is 12.3. The molecule has 5 rings (SSSR count). The third-order valence-corrected chi connectivity index (χ3v) is 7.71. The number of hydrogen-bond acceptors (Lipinski definition) is 5. The van der Waals surface area contributed by atoms with Crippen LogP contribution in [0.15, 0.2) is 59.0 Å². The number of aryl methyl sites for hydroxylation is 2. The van der Waals surface area contributed by atoms with Gasteiger partial charge in [0.15, 0.2) is 5.78 Å². The maximum atomic E-state index is 14.4. The number of ether oxygens (including phenoxy) is 1. The van der Waals surface area contributed by atoms with Crippen LogP contribution in [0, 0.1) is 25.7 Å². The Morgan fingerprint density at radius 3 is 2.14 bits per heavy atom. The molecule has 2 heterocycles. The van der Waals surface area contributed by atoms with E-state index in [-0.39, 0.29) is 17.6 Å². The van der Waals surface area contributed by atoms with Crippen LogP contribution in [0.4, 0.5) is 0 Å². The Bertz CT molecular complexity index is 1340. The van der Waals surface area contributed by atoms with Crippen molar-refractivity contribution in [1.29, 1.82) is 0 Å². The van der Waals surface area contributed by atoms with Crippen LogP contribution in [-0.4, -0.2) is 35.6 Å². The minimum absolute atomic E-state index is 0.155. The molecule has 1 aromatic heterocycles. The second-order valence-electron chi connectivity index (χ2n) is 9.88. The van der Waals surface area contributed by atoms with Gasteiger partial charge < -0.3 is 19.8 Å². The number of benzene rings is 2.